The number of ketones is 1. The number of nitrogens with two attached hydrogens (primary N) is 1. The third kappa shape index (κ3) is 10.1. The van der Waals surface area contributed by atoms with Crippen LogP contribution in [0.25, 0.3) is 22.0 Å². The van der Waals surface area contributed by atoms with Crippen molar-refractivity contribution in [1.82, 2.24) is 14.8 Å². The summed E-state index contributed by atoms with van der Waals surface area (Å²) in [6.07, 6.45) is 6.14. The number of hydrogen-bond acceptors (Lipinski definition) is 8. The van der Waals surface area contributed by atoms with E-state index >= 15 is 0 Å². The number of fused-ring (bicyclic) bond motifs is 2. The Balaban J connectivity index is 0.827. The van der Waals surface area contributed by atoms with Gasteiger partial charge < -0.3 is 20.4 Å². The molecule has 2 aliphatic heterocycles. The molecule has 12 nitrogen and oxygen atoms in total. The predicted molar refractivity (Wildman–Crippen MR) is 229 cm³/mol. The number of nitrogens with zero attached hydrogens (tertiary/aromatic N) is 2. The van der Waals surface area contributed by atoms with Gasteiger partial charge in [0, 0.05) is 86.2 Å². The number of amides is 5. The number of imide groups is 2. The molecule has 2 fully saturated rings. The predicted octanol–water partition coefficient (Wildman–Crippen LogP) is 7.59. The highest BCUT2D eigenvalue weighted by Crippen LogP contribution is 2.42. The van der Waals surface area contributed by atoms with Gasteiger partial charge in [-0.1, -0.05) is 48.6 Å². The first-order chi connectivity index (χ1) is 29.3. The second-order valence-electron chi connectivity index (χ2n) is 16.1. The van der Waals surface area contributed by atoms with Crippen molar-refractivity contribution in [3.63, 3.8) is 0 Å². The molecule has 61 heavy (non-hydrogen) atoms. The number of anilines is 1. The maximum atomic E-state index is 14.1. The number of alkyl halides is 2. The van der Waals surface area contributed by atoms with Crippen LogP contribution in [0.3, 0.4) is 0 Å². The number of carbonyl (C=O) groups excluding carboxylic acids is 6. The average molecular weight is 854 g/mol. The van der Waals surface area contributed by atoms with Gasteiger partial charge in [-0.3, -0.25) is 39.0 Å². The molecule has 1 saturated heterocycles. The van der Waals surface area contributed by atoms with Crippen molar-refractivity contribution in [3.05, 3.63) is 89.1 Å². The minimum Gasteiger partial charge on any atom is -0.389 e. The van der Waals surface area contributed by atoms with Crippen LogP contribution in [0.1, 0.15) is 121 Å². The first-order valence-electron chi connectivity index (χ1n) is 20.9. The zero-order valence-corrected chi connectivity index (χ0v) is 34.6. The lowest BCUT2D eigenvalue weighted by molar-refractivity contribution is -0.136. The van der Waals surface area contributed by atoms with E-state index in [1.165, 1.54) is 0 Å². The molecular formula is C46H49F2N5O7S. The molecular weight excluding hydrogens is 805 g/mol. The minimum absolute atomic E-state index is 0.0544. The van der Waals surface area contributed by atoms with Crippen LogP contribution in [0, 0.1) is 0 Å². The number of nitrogens with one attached hydrogen (secondary N) is 2. The summed E-state index contributed by atoms with van der Waals surface area (Å²) < 4.78 is 36.0. The minimum atomic E-state index is -2.66. The molecule has 0 spiro atoms. The van der Waals surface area contributed by atoms with Gasteiger partial charge in [-0.25, -0.2) is 8.78 Å². The second kappa shape index (κ2) is 18.9. The summed E-state index contributed by atoms with van der Waals surface area (Å²) in [5, 5.41) is 6.10. The summed E-state index contributed by atoms with van der Waals surface area (Å²) in [4.78, 5) is 77.1. The normalized spacial score (nSPS) is 17.7. The van der Waals surface area contributed by atoms with Gasteiger partial charge >= 0.3 is 0 Å². The molecule has 3 aliphatic rings. The standard InChI is InChI=1S/C46H49F2N5O7S/c47-46(48)21-19-32(20-22-46)52-27-36(29-8-3-9-30(25-29)42(49)61)34-16-15-31(26-38(34)52)50-39(55)14-2-1-11-33(54)12-6-24-60-23-5-10-28-7-4-13-35-41(28)45(59)53(44(35)58)37-17-18-40(56)51-43(37)57/h3-4,7-9,13,15-16,25-27,32,37H,1-2,5-6,10-12,14,17-24H2,(H2,49,61)(H,50,55)(H,51,56,57). The van der Waals surface area contributed by atoms with Crippen LogP contribution >= 0.6 is 12.2 Å². The number of aryl methyl sites for hydroxylation is 1. The Morgan fingerprint density at radius 2 is 1.61 bits per heavy atom. The van der Waals surface area contributed by atoms with E-state index in [4.69, 9.17) is 22.7 Å². The van der Waals surface area contributed by atoms with E-state index in [1.807, 2.05) is 48.7 Å². The number of halogens is 2. The zero-order valence-electron chi connectivity index (χ0n) is 33.8. The molecule has 1 aliphatic carbocycles. The maximum Gasteiger partial charge on any atom is 0.262 e. The summed E-state index contributed by atoms with van der Waals surface area (Å²) in [7, 11) is 0. The lowest BCUT2D eigenvalue weighted by Crippen LogP contribution is -2.54. The average Bonchev–Trinajstić information content (AvgIpc) is 3.73. The van der Waals surface area contributed by atoms with E-state index in [-0.39, 0.29) is 66.0 Å². The molecule has 7 rings (SSSR count). The summed E-state index contributed by atoms with van der Waals surface area (Å²) in [6.45, 7) is 0.779. The van der Waals surface area contributed by atoms with E-state index in [2.05, 4.69) is 15.2 Å². The smallest absolute Gasteiger partial charge is 0.262 e. The van der Waals surface area contributed by atoms with E-state index in [9.17, 15) is 37.5 Å². The zero-order chi connectivity index (χ0) is 43.3. The Labute approximate surface area is 357 Å². The number of thiocarbonyl (C=S) groups is 1. The third-order valence-electron chi connectivity index (χ3n) is 11.8. The molecule has 0 bridgehead atoms. The monoisotopic (exact) mass is 853 g/mol. The van der Waals surface area contributed by atoms with Gasteiger partial charge in [0.2, 0.25) is 23.6 Å². The highest BCUT2D eigenvalue weighted by Gasteiger charge is 2.45. The molecule has 1 saturated carbocycles. The highest BCUT2D eigenvalue weighted by atomic mass is 32.1. The molecule has 1 aromatic heterocycles. The van der Waals surface area contributed by atoms with Crippen LogP contribution in [0.4, 0.5) is 14.5 Å². The van der Waals surface area contributed by atoms with Crippen molar-refractivity contribution in [2.75, 3.05) is 18.5 Å². The summed E-state index contributed by atoms with van der Waals surface area (Å²) >= 11 is 5.20. The number of carbonyl (C=O) groups is 6. The summed E-state index contributed by atoms with van der Waals surface area (Å²) in [5.74, 6) is -4.90. The van der Waals surface area contributed by atoms with Gasteiger partial charge in [-0.2, -0.15) is 0 Å². The van der Waals surface area contributed by atoms with Gasteiger partial charge in [-0.05, 0) is 86.8 Å². The van der Waals surface area contributed by atoms with Crippen LogP contribution in [-0.4, -0.2) is 75.0 Å². The first kappa shape index (κ1) is 43.4. The number of rotatable bonds is 18. The molecule has 3 aromatic carbocycles. The van der Waals surface area contributed by atoms with Gasteiger partial charge in [0.05, 0.1) is 16.6 Å². The molecule has 4 aromatic rings. The molecule has 5 amide bonds. The Morgan fingerprint density at radius 3 is 2.38 bits per heavy atom. The second-order valence-corrected chi connectivity index (χ2v) is 16.6. The van der Waals surface area contributed by atoms with Gasteiger partial charge in [-0.15, -0.1) is 0 Å². The largest absolute Gasteiger partial charge is 0.389 e. The fourth-order valence-electron chi connectivity index (χ4n) is 8.59. The molecule has 1 atom stereocenters. The number of aromatic nitrogens is 1. The molecule has 4 N–H and O–H groups in total. The van der Waals surface area contributed by atoms with Crippen molar-refractivity contribution in [2.24, 2.45) is 5.73 Å². The number of piperidine rings is 1. The van der Waals surface area contributed by atoms with Crippen LogP contribution in [0.2, 0.25) is 0 Å². The third-order valence-corrected chi connectivity index (χ3v) is 12.0. The van der Waals surface area contributed by atoms with Crippen molar-refractivity contribution in [3.8, 4) is 11.1 Å². The number of hydrogen-bond donors (Lipinski definition) is 3. The topological polar surface area (TPSA) is 170 Å². The van der Waals surface area contributed by atoms with Gasteiger partial charge in [0.1, 0.15) is 16.8 Å². The van der Waals surface area contributed by atoms with E-state index in [1.54, 1.807) is 18.2 Å². The van der Waals surface area contributed by atoms with E-state index in [0.717, 1.165) is 32.5 Å². The fraction of sp³-hybridized carbons (Fsp3) is 0.413. The van der Waals surface area contributed by atoms with Crippen molar-refractivity contribution >= 4 is 69.1 Å². The number of ether oxygens (including phenoxy) is 1. The van der Waals surface area contributed by atoms with Crippen molar-refractivity contribution in [2.45, 2.75) is 108 Å². The molecule has 320 valence electrons. The Kier molecular flexibility index (Phi) is 13.5. The van der Waals surface area contributed by atoms with Crippen molar-refractivity contribution < 1.29 is 42.3 Å². The lowest BCUT2D eigenvalue weighted by Gasteiger charge is -2.29. The first-order valence-corrected chi connectivity index (χ1v) is 21.4. The van der Waals surface area contributed by atoms with Gasteiger partial charge in [0.15, 0.2) is 0 Å². The maximum absolute atomic E-state index is 14.1. The molecule has 15 heteroatoms. The van der Waals surface area contributed by atoms with E-state index in [0.29, 0.717) is 82.3 Å². The SMILES string of the molecule is NC(=S)c1cccc(-c2cn(C3CCC(F)(F)CC3)c3cc(NC(=O)CCCCC(=O)CCCOCCCc4cccc5c4C(=O)N(C4CCC(=O)NC4=O)C5=O)ccc23)c1. The number of benzene rings is 3. The summed E-state index contributed by atoms with van der Waals surface area (Å²) in [5.41, 5.74) is 11.1. The van der Waals surface area contributed by atoms with Gasteiger partial charge in [0.25, 0.3) is 11.8 Å². The van der Waals surface area contributed by atoms with Crippen LogP contribution < -0.4 is 16.4 Å². The Morgan fingerprint density at radius 1 is 0.869 bits per heavy atom. The summed E-state index contributed by atoms with van der Waals surface area (Å²) in [6, 6.07) is 17.2. The number of Topliss-reactive ketones (excluding diaryl/α,β-unsaturated/α-hetero) is 1. The number of unbranched alkanes of at least 4 members (excludes halogenated alkanes) is 1. The van der Waals surface area contributed by atoms with E-state index < -0.39 is 35.6 Å². The van der Waals surface area contributed by atoms with Crippen LogP contribution in [-0.2, 0) is 30.3 Å². The van der Waals surface area contributed by atoms with Crippen LogP contribution in [0.15, 0.2) is 66.9 Å². The highest BCUT2D eigenvalue weighted by molar-refractivity contribution is 7.80. The molecule has 0 radical (unpaired) electrons. The van der Waals surface area contributed by atoms with Crippen LogP contribution in [0.5, 0.6) is 0 Å². The Bertz CT molecular complexity index is 2390. The lowest BCUT2D eigenvalue weighted by atomic mass is 9.92. The molecule has 3 heterocycles. The van der Waals surface area contributed by atoms with Crippen molar-refractivity contribution in [1.29, 1.82) is 0 Å². The quantitative estimate of drug-likeness (QED) is 0.0519. The fourth-order valence-corrected chi connectivity index (χ4v) is 8.72. The Hall–Kier alpha value is -5.67. The molecule has 1 unspecified atom stereocenters.